The molecule has 6 nitrogen and oxygen atoms in total. The van der Waals surface area contributed by atoms with Gasteiger partial charge in [0.25, 0.3) is 0 Å². The number of carbonyl (C=O) groups excluding carboxylic acids is 1. The molecule has 0 bridgehead atoms. The number of halogens is 1. The van der Waals surface area contributed by atoms with E-state index in [1.165, 1.54) is 0 Å². The summed E-state index contributed by atoms with van der Waals surface area (Å²) in [5.74, 6) is -1.37. The van der Waals surface area contributed by atoms with Crippen molar-refractivity contribution in [3.05, 3.63) is 34.9 Å². The number of carbonyl (C=O) groups is 2. The van der Waals surface area contributed by atoms with E-state index in [1.54, 1.807) is 0 Å². The molecule has 0 saturated carbocycles. The van der Waals surface area contributed by atoms with Gasteiger partial charge in [0.2, 0.25) is 5.91 Å². The first-order valence-corrected chi connectivity index (χ1v) is 7.43. The van der Waals surface area contributed by atoms with Gasteiger partial charge in [0.15, 0.2) is 0 Å². The molecule has 0 aliphatic carbocycles. The van der Waals surface area contributed by atoms with Crippen molar-refractivity contribution in [2.45, 2.75) is 19.1 Å². The molecule has 120 valence electrons. The number of rotatable bonds is 5. The maximum Gasteiger partial charge on any atom is 0.322 e. The summed E-state index contributed by atoms with van der Waals surface area (Å²) in [5.41, 5.74) is 0.895. The Balaban J connectivity index is 1.98. The number of aliphatic carboxylic acids is 1. The predicted molar refractivity (Wildman–Crippen MR) is 81.8 cm³/mol. The van der Waals surface area contributed by atoms with Crippen LogP contribution in [0.2, 0.25) is 5.02 Å². The first-order chi connectivity index (χ1) is 10.5. The summed E-state index contributed by atoms with van der Waals surface area (Å²) in [6, 6.07) is 7.55. The number of hydrogen-bond donors (Lipinski definition) is 2. The van der Waals surface area contributed by atoms with Gasteiger partial charge in [-0.25, -0.2) is 0 Å². The molecule has 1 aromatic rings. The first kappa shape index (κ1) is 16.7. The van der Waals surface area contributed by atoms with E-state index in [2.05, 4.69) is 5.32 Å². The van der Waals surface area contributed by atoms with Crippen LogP contribution in [0, 0.1) is 0 Å². The van der Waals surface area contributed by atoms with Gasteiger partial charge in [0, 0.05) is 23.2 Å². The van der Waals surface area contributed by atoms with Crippen molar-refractivity contribution in [2.75, 3.05) is 26.2 Å². The summed E-state index contributed by atoms with van der Waals surface area (Å²) < 4.78 is 5.82. The molecule has 2 atom stereocenters. The summed E-state index contributed by atoms with van der Waals surface area (Å²) in [5, 5.41) is 11.6. The molecule has 7 heteroatoms. The van der Waals surface area contributed by atoms with Crippen LogP contribution in [0.25, 0.3) is 0 Å². The molecule has 2 N–H and O–H groups in total. The van der Waals surface area contributed by atoms with Gasteiger partial charge in [0.05, 0.1) is 19.3 Å². The van der Waals surface area contributed by atoms with Crippen LogP contribution in [0.3, 0.4) is 0 Å². The normalized spacial score (nSPS) is 22.3. The molecule has 1 aromatic carbocycles. The van der Waals surface area contributed by atoms with Crippen LogP contribution in [0.1, 0.15) is 18.6 Å². The third kappa shape index (κ3) is 4.43. The van der Waals surface area contributed by atoms with Crippen molar-refractivity contribution in [1.82, 2.24) is 10.2 Å². The number of benzene rings is 1. The van der Waals surface area contributed by atoms with E-state index >= 15 is 0 Å². The average Bonchev–Trinajstić information content (AvgIpc) is 2.48. The highest BCUT2D eigenvalue weighted by molar-refractivity contribution is 6.31. The molecule has 0 radical (unpaired) electrons. The maximum atomic E-state index is 11.8. The monoisotopic (exact) mass is 326 g/mol. The Hall–Kier alpha value is -1.63. The second-order valence-corrected chi connectivity index (χ2v) is 5.70. The largest absolute Gasteiger partial charge is 0.480 e. The Kier molecular flexibility index (Phi) is 5.76. The summed E-state index contributed by atoms with van der Waals surface area (Å²) in [6.07, 6.45) is -0.197. The van der Waals surface area contributed by atoms with Gasteiger partial charge in [-0.15, -0.1) is 0 Å². The van der Waals surface area contributed by atoms with Crippen molar-refractivity contribution in [3.8, 4) is 0 Å². The van der Waals surface area contributed by atoms with E-state index in [4.69, 9.17) is 21.4 Å². The van der Waals surface area contributed by atoms with E-state index in [-0.39, 0.29) is 31.1 Å². The second kappa shape index (κ2) is 7.58. The molecule has 1 aliphatic heterocycles. The number of nitrogens with zero attached hydrogens (tertiary/aromatic N) is 1. The topological polar surface area (TPSA) is 78.9 Å². The molecule has 0 aromatic heterocycles. The maximum absolute atomic E-state index is 11.8. The Morgan fingerprint density at radius 3 is 2.86 bits per heavy atom. The van der Waals surface area contributed by atoms with Crippen molar-refractivity contribution in [2.24, 2.45) is 0 Å². The van der Waals surface area contributed by atoms with Gasteiger partial charge in [-0.2, -0.15) is 0 Å². The molecule has 0 unspecified atom stereocenters. The number of nitrogens with one attached hydrogen (secondary N) is 1. The Morgan fingerprint density at radius 1 is 1.45 bits per heavy atom. The van der Waals surface area contributed by atoms with Crippen LogP contribution < -0.4 is 5.32 Å². The zero-order valence-electron chi connectivity index (χ0n) is 12.3. The lowest BCUT2D eigenvalue weighted by Gasteiger charge is -2.37. The fraction of sp³-hybridized carbons (Fsp3) is 0.467. The van der Waals surface area contributed by atoms with E-state index < -0.39 is 5.97 Å². The number of morpholine rings is 1. The van der Waals surface area contributed by atoms with Crippen LogP contribution >= 0.6 is 11.6 Å². The molecule has 1 amide bonds. The van der Waals surface area contributed by atoms with Crippen LogP contribution in [-0.2, 0) is 14.3 Å². The number of carboxylic acids is 1. The first-order valence-electron chi connectivity index (χ1n) is 7.06. The second-order valence-electron chi connectivity index (χ2n) is 5.29. The van der Waals surface area contributed by atoms with Crippen molar-refractivity contribution in [1.29, 1.82) is 0 Å². The van der Waals surface area contributed by atoms with Gasteiger partial charge < -0.3 is 15.2 Å². The minimum atomic E-state index is -1.06. The van der Waals surface area contributed by atoms with E-state index in [0.29, 0.717) is 18.2 Å². The molecule has 1 saturated heterocycles. The summed E-state index contributed by atoms with van der Waals surface area (Å²) in [7, 11) is 0. The van der Waals surface area contributed by atoms with Gasteiger partial charge in [-0.3, -0.25) is 14.5 Å². The SMILES string of the molecule is C[C@H]1CO[C@H](c2ccccc2Cl)CN1CC(=O)NCC(=O)O. The molecule has 1 heterocycles. The molecular weight excluding hydrogens is 308 g/mol. The molecule has 22 heavy (non-hydrogen) atoms. The van der Waals surface area contributed by atoms with Crippen LogP contribution in [0.4, 0.5) is 0 Å². The highest BCUT2D eigenvalue weighted by Gasteiger charge is 2.29. The zero-order chi connectivity index (χ0) is 16.1. The van der Waals surface area contributed by atoms with Crippen molar-refractivity contribution >= 4 is 23.5 Å². The third-order valence-electron chi connectivity index (χ3n) is 3.60. The zero-order valence-corrected chi connectivity index (χ0v) is 13.0. The molecule has 1 aliphatic rings. The molecule has 0 spiro atoms. The summed E-state index contributed by atoms with van der Waals surface area (Å²) in [6.45, 7) is 2.76. The van der Waals surface area contributed by atoms with Gasteiger partial charge in [-0.1, -0.05) is 29.8 Å². The van der Waals surface area contributed by atoms with E-state index in [9.17, 15) is 9.59 Å². The van der Waals surface area contributed by atoms with Crippen molar-refractivity contribution in [3.63, 3.8) is 0 Å². The van der Waals surface area contributed by atoms with Crippen LogP contribution in [0.15, 0.2) is 24.3 Å². The molecule has 1 fully saturated rings. The fourth-order valence-corrected chi connectivity index (χ4v) is 2.62. The Labute approximate surface area is 134 Å². The quantitative estimate of drug-likeness (QED) is 0.852. The van der Waals surface area contributed by atoms with Gasteiger partial charge in [-0.05, 0) is 13.0 Å². The van der Waals surface area contributed by atoms with Crippen molar-refractivity contribution < 1.29 is 19.4 Å². The number of hydrogen-bond acceptors (Lipinski definition) is 4. The van der Waals surface area contributed by atoms with E-state index in [0.717, 1.165) is 5.56 Å². The minimum absolute atomic E-state index is 0.0781. The lowest BCUT2D eigenvalue weighted by molar-refractivity contribution is -0.138. The average molecular weight is 327 g/mol. The highest BCUT2D eigenvalue weighted by Crippen LogP contribution is 2.29. The van der Waals surface area contributed by atoms with Gasteiger partial charge >= 0.3 is 5.97 Å². The minimum Gasteiger partial charge on any atom is -0.480 e. The number of ether oxygens (including phenoxy) is 1. The Bertz CT molecular complexity index is 552. The van der Waals surface area contributed by atoms with Crippen LogP contribution in [0.5, 0.6) is 0 Å². The lowest BCUT2D eigenvalue weighted by Crippen LogP contribution is -2.49. The third-order valence-corrected chi connectivity index (χ3v) is 3.94. The predicted octanol–water partition coefficient (Wildman–Crippen LogP) is 1.30. The summed E-state index contributed by atoms with van der Waals surface area (Å²) in [4.78, 5) is 24.2. The molecular formula is C15H19ClN2O4. The summed E-state index contributed by atoms with van der Waals surface area (Å²) >= 11 is 6.19. The smallest absolute Gasteiger partial charge is 0.322 e. The van der Waals surface area contributed by atoms with Crippen LogP contribution in [-0.4, -0.2) is 54.2 Å². The Morgan fingerprint density at radius 2 is 2.18 bits per heavy atom. The fourth-order valence-electron chi connectivity index (χ4n) is 2.37. The lowest BCUT2D eigenvalue weighted by atomic mass is 10.1. The highest BCUT2D eigenvalue weighted by atomic mass is 35.5. The molecule has 2 rings (SSSR count). The number of carboxylic acid groups (broad SMARTS) is 1. The standard InChI is InChI=1S/C15H19ClN2O4/c1-10-9-22-13(11-4-2-3-5-12(11)16)7-18(10)8-14(19)17-6-15(20)21/h2-5,10,13H,6-9H2,1H3,(H,17,19)(H,20,21)/t10-,13-/m0/s1. The van der Waals surface area contributed by atoms with E-state index in [1.807, 2.05) is 36.1 Å². The number of amides is 1. The van der Waals surface area contributed by atoms with Gasteiger partial charge in [0.1, 0.15) is 6.54 Å².